The number of rotatable bonds is 5. The number of nitrogens with zero attached hydrogens (tertiary/aromatic N) is 2. The van der Waals surface area contributed by atoms with Crippen LogP contribution in [0.15, 0.2) is 59.9 Å². The van der Waals surface area contributed by atoms with Gasteiger partial charge < -0.3 is 10.1 Å². The lowest BCUT2D eigenvalue weighted by atomic mass is 10.2. The molecule has 0 fully saturated rings. The molecule has 24 heavy (non-hydrogen) atoms. The molecular weight excluding hydrogens is 322 g/mol. The highest BCUT2D eigenvalue weighted by Crippen LogP contribution is 2.28. The Kier molecular flexibility index (Phi) is 4.96. The van der Waals surface area contributed by atoms with Gasteiger partial charge in [0.05, 0.1) is 17.9 Å². The first-order valence-electron chi connectivity index (χ1n) is 7.48. The highest BCUT2D eigenvalue weighted by molar-refractivity contribution is 8.00. The van der Waals surface area contributed by atoms with Crippen LogP contribution in [0.1, 0.15) is 6.92 Å². The largest absolute Gasteiger partial charge is 0.497 e. The number of carbonyl (C=O) groups is 1. The molecule has 5 nitrogen and oxygen atoms in total. The maximum absolute atomic E-state index is 12.4. The van der Waals surface area contributed by atoms with Gasteiger partial charge in [0.15, 0.2) is 0 Å². The molecule has 3 aromatic rings. The van der Waals surface area contributed by atoms with Crippen molar-refractivity contribution in [2.45, 2.75) is 17.2 Å². The van der Waals surface area contributed by atoms with E-state index in [4.69, 9.17) is 4.74 Å². The van der Waals surface area contributed by atoms with Crippen LogP contribution in [-0.4, -0.2) is 28.2 Å². The van der Waals surface area contributed by atoms with Gasteiger partial charge in [0.1, 0.15) is 17.1 Å². The summed E-state index contributed by atoms with van der Waals surface area (Å²) < 4.78 is 5.17. The highest BCUT2D eigenvalue weighted by atomic mass is 32.2. The molecule has 0 aliphatic heterocycles. The van der Waals surface area contributed by atoms with Crippen LogP contribution >= 0.6 is 11.8 Å². The third kappa shape index (κ3) is 3.65. The summed E-state index contributed by atoms with van der Waals surface area (Å²) in [6, 6.07) is 15.1. The lowest BCUT2D eigenvalue weighted by Gasteiger charge is -2.13. The fraction of sp³-hybridized carbons (Fsp3) is 0.167. The molecule has 0 unspecified atom stereocenters. The highest BCUT2D eigenvalue weighted by Gasteiger charge is 2.17. The molecule has 1 amide bonds. The molecule has 2 aromatic carbocycles. The minimum absolute atomic E-state index is 0.0871. The molecule has 1 N–H and O–H groups in total. The first kappa shape index (κ1) is 16.3. The molecule has 0 radical (unpaired) electrons. The van der Waals surface area contributed by atoms with Gasteiger partial charge in [0.2, 0.25) is 5.91 Å². The van der Waals surface area contributed by atoms with Crippen molar-refractivity contribution in [1.29, 1.82) is 0 Å². The normalized spacial score (nSPS) is 11.9. The topological polar surface area (TPSA) is 64.1 Å². The number of aromatic nitrogens is 2. The average Bonchev–Trinajstić information content (AvgIpc) is 2.62. The molecule has 6 heteroatoms. The summed E-state index contributed by atoms with van der Waals surface area (Å²) in [5, 5.41) is 4.35. The van der Waals surface area contributed by atoms with Crippen LogP contribution in [0.4, 0.5) is 5.69 Å². The number of carbonyl (C=O) groups excluding carboxylic acids is 1. The second kappa shape index (κ2) is 7.31. The Morgan fingerprint density at radius 1 is 1.17 bits per heavy atom. The van der Waals surface area contributed by atoms with Gasteiger partial charge in [-0.05, 0) is 25.1 Å². The minimum Gasteiger partial charge on any atom is -0.497 e. The second-order valence-corrected chi connectivity index (χ2v) is 6.51. The third-order valence-corrected chi connectivity index (χ3v) is 4.62. The summed E-state index contributed by atoms with van der Waals surface area (Å²) in [7, 11) is 1.60. The van der Waals surface area contributed by atoms with Crippen LogP contribution < -0.4 is 10.1 Å². The Labute approximate surface area is 144 Å². The predicted octanol–water partition coefficient (Wildman–Crippen LogP) is 3.76. The number of hydrogen-bond donors (Lipinski definition) is 1. The van der Waals surface area contributed by atoms with E-state index in [-0.39, 0.29) is 11.2 Å². The van der Waals surface area contributed by atoms with Crippen molar-refractivity contribution in [3.05, 3.63) is 54.9 Å². The fourth-order valence-corrected chi connectivity index (χ4v) is 3.15. The molecule has 1 atom stereocenters. The van der Waals surface area contributed by atoms with Gasteiger partial charge in [0.25, 0.3) is 0 Å². The van der Waals surface area contributed by atoms with Crippen molar-refractivity contribution in [2.24, 2.45) is 0 Å². The number of hydrogen-bond acceptors (Lipinski definition) is 5. The predicted molar refractivity (Wildman–Crippen MR) is 96.5 cm³/mol. The van der Waals surface area contributed by atoms with Crippen LogP contribution in [0.2, 0.25) is 0 Å². The maximum Gasteiger partial charge on any atom is 0.237 e. The van der Waals surface area contributed by atoms with E-state index in [1.165, 1.54) is 18.1 Å². The van der Waals surface area contributed by atoms with E-state index in [1.54, 1.807) is 13.2 Å². The summed E-state index contributed by atoms with van der Waals surface area (Å²) in [6.07, 6.45) is 1.53. The molecule has 122 valence electrons. The standard InChI is InChI=1S/C18H17N3O2S/c1-12(17(22)21-13-6-5-7-14(10-13)23-2)24-18-15-8-3-4-9-16(15)19-11-20-18/h3-12H,1-2H3,(H,21,22)/t12-/m0/s1. The average molecular weight is 339 g/mol. The SMILES string of the molecule is COc1cccc(NC(=O)[C@H](C)Sc2ncnc3ccccc23)c1. The van der Waals surface area contributed by atoms with Crippen molar-refractivity contribution < 1.29 is 9.53 Å². The monoisotopic (exact) mass is 339 g/mol. The molecular formula is C18H17N3O2S. The minimum atomic E-state index is -0.297. The van der Waals surface area contributed by atoms with Crippen molar-refractivity contribution in [3.8, 4) is 5.75 Å². The lowest BCUT2D eigenvalue weighted by Crippen LogP contribution is -2.22. The number of nitrogens with one attached hydrogen (secondary N) is 1. The quantitative estimate of drug-likeness (QED) is 0.566. The Balaban J connectivity index is 1.73. The molecule has 0 aliphatic rings. The third-order valence-electron chi connectivity index (χ3n) is 3.50. The molecule has 0 spiro atoms. The van der Waals surface area contributed by atoms with E-state index in [1.807, 2.05) is 49.4 Å². The first-order chi connectivity index (χ1) is 11.7. The van der Waals surface area contributed by atoms with E-state index >= 15 is 0 Å². The smallest absolute Gasteiger partial charge is 0.237 e. The van der Waals surface area contributed by atoms with Crippen LogP contribution in [0, 0.1) is 0 Å². The lowest BCUT2D eigenvalue weighted by molar-refractivity contribution is -0.115. The summed E-state index contributed by atoms with van der Waals surface area (Å²) in [6.45, 7) is 1.86. The summed E-state index contributed by atoms with van der Waals surface area (Å²) in [5.41, 5.74) is 1.58. The number of ether oxygens (including phenoxy) is 1. The van der Waals surface area contributed by atoms with Gasteiger partial charge in [-0.25, -0.2) is 9.97 Å². The van der Waals surface area contributed by atoms with E-state index in [0.717, 1.165) is 15.9 Å². The van der Waals surface area contributed by atoms with E-state index in [2.05, 4.69) is 15.3 Å². The van der Waals surface area contributed by atoms with Gasteiger partial charge in [-0.15, -0.1) is 0 Å². The number of para-hydroxylation sites is 1. The Bertz CT molecular complexity index is 864. The number of methoxy groups -OCH3 is 1. The van der Waals surface area contributed by atoms with Gasteiger partial charge in [0, 0.05) is 17.1 Å². The number of thioether (sulfide) groups is 1. The van der Waals surface area contributed by atoms with E-state index < -0.39 is 0 Å². The Morgan fingerprint density at radius 2 is 2.00 bits per heavy atom. The molecule has 0 saturated carbocycles. The molecule has 0 aliphatic carbocycles. The van der Waals surface area contributed by atoms with Crippen LogP contribution in [0.5, 0.6) is 5.75 Å². The molecule has 0 saturated heterocycles. The summed E-state index contributed by atoms with van der Waals surface area (Å²) >= 11 is 1.42. The van der Waals surface area contributed by atoms with Crippen molar-refractivity contribution >= 4 is 34.3 Å². The molecule has 0 bridgehead atoms. The number of fused-ring (bicyclic) bond motifs is 1. The van der Waals surface area contributed by atoms with Crippen molar-refractivity contribution in [2.75, 3.05) is 12.4 Å². The van der Waals surface area contributed by atoms with E-state index in [9.17, 15) is 4.79 Å². The Hall–Kier alpha value is -2.60. The van der Waals surface area contributed by atoms with Crippen LogP contribution in [0.25, 0.3) is 10.9 Å². The molecule has 1 aromatic heterocycles. The fourth-order valence-electron chi connectivity index (χ4n) is 2.24. The second-order valence-electron chi connectivity index (χ2n) is 5.18. The Morgan fingerprint density at radius 3 is 2.83 bits per heavy atom. The van der Waals surface area contributed by atoms with Crippen molar-refractivity contribution in [3.63, 3.8) is 0 Å². The zero-order valence-electron chi connectivity index (χ0n) is 13.4. The zero-order valence-corrected chi connectivity index (χ0v) is 14.2. The van der Waals surface area contributed by atoms with Crippen LogP contribution in [-0.2, 0) is 4.79 Å². The molecule has 1 heterocycles. The molecule has 3 rings (SSSR count). The van der Waals surface area contributed by atoms with Gasteiger partial charge in [-0.3, -0.25) is 4.79 Å². The van der Waals surface area contributed by atoms with E-state index in [0.29, 0.717) is 11.4 Å². The van der Waals surface area contributed by atoms with Crippen LogP contribution in [0.3, 0.4) is 0 Å². The van der Waals surface area contributed by atoms with Crippen molar-refractivity contribution in [1.82, 2.24) is 9.97 Å². The number of anilines is 1. The zero-order chi connectivity index (χ0) is 16.9. The summed E-state index contributed by atoms with van der Waals surface area (Å²) in [5.74, 6) is 0.617. The summed E-state index contributed by atoms with van der Waals surface area (Å²) in [4.78, 5) is 21.0. The number of benzene rings is 2. The first-order valence-corrected chi connectivity index (χ1v) is 8.36. The maximum atomic E-state index is 12.4. The van der Waals surface area contributed by atoms with Gasteiger partial charge in [-0.2, -0.15) is 0 Å². The van der Waals surface area contributed by atoms with Gasteiger partial charge >= 0.3 is 0 Å². The van der Waals surface area contributed by atoms with Gasteiger partial charge in [-0.1, -0.05) is 36.0 Å². The number of amides is 1.